The van der Waals surface area contributed by atoms with Gasteiger partial charge in [-0.15, -0.1) is 36.2 Å². The molecule has 0 aliphatic carbocycles. The van der Waals surface area contributed by atoms with Crippen LogP contribution >= 0.6 is 47.5 Å². The molecule has 27 heavy (non-hydrogen) atoms. The molecule has 0 bridgehead atoms. The van der Waals surface area contributed by atoms with Crippen LogP contribution in [0.5, 0.6) is 0 Å². The Morgan fingerprint density at radius 3 is 2.78 bits per heavy atom. The Bertz CT molecular complexity index is 942. The number of hydrogen-bond donors (Lipinski definition) is 2. The molecule has 10 heteroatoms. The van der Waals surface area contributed by atoms with E-state index in [9.17, 15) is 9.18 Å². The summed E-state index contributed by atoms with van der Waals surface area (Å²) in [6.45, 7) is 1.42. The normalized spacial score (nSPS) is 12.7. The Morgan fingerprint density at radius 1 is 1.30 bits per heavy atom. The Hall–Kier alpha value is -1.45. The third kappa shape index (κ3) is 4.20. The zero-order chi connectivity index (χ0) is 17.6. The first-order valence-corrected chi connectivity index (χ1v) is 9.56. The average molecular weight is 449 g/mol. The van der Waals surface area contributed by atoms with Crippen molar-refractivity contribution in [2.24, 2.45) is 0 Å². The molecule has 2 aromatic heterocycles. The van der Waals surface area contributed by atoms with E-state index < -0.39 is 0 Å². The number of thiophene rings is 1. The summed E-state index contributed by atoms with van der Waals surface area (Å²) in [5.74, 6) is -0.617. The Balaban J connectivity index is 0.00000131. The van der Waals surface area contributed by atoms with Crippen LogP contribution in [0.1, 0.15) is 20.8 Å². The number of halogens is 3. The number of nitrogens with one attached hydrogen (secondary N) is 2. The lowest BCUT2D eigenvalue weighted by atomic mass is 9.99. The van der Waals surface area contributed by atoms with Crippen molar-refractivity contribution in [3.8, 4) is 0 Å². The summed E-state index contributed by atoms with van der Waals surface area (Å²) in [6, 6.07) is 5.33. The number of carbonyl (C=O) groups excluding carboxylic acids is 1. The first-order valence-electron chi connectivity index (χ1n) is 7.93. The van der Waals surface area contributed by atoms with E-state index in [2.05, 4.69) is 15.6 Å². The minimum absolute atomic E-state index is 0. The molecule has 3 heterocycles. The van der Waals surface area contributed by atoms with E-state index in [1.807, 2.05) is 31.1 Å². The van der Waals surface area contributed by atoms with Gasteiger partial charge in [0.25, 0.3) is 5.91 Å². The van der Waals surface area contributed by atoms with Crippen molar-refractivity contribution in [1.29, 1.82) is 0 Å². The molecule has 0 spiro atoms. The summed E-state index contributed by atoms with van der Waals surface area (Å²) in [7, 11) is 3.87. The molecule has 0 saturated heterocycles. The highest BCUT2D eigenvalue weighted by Gasteiger charge is 2.19. The van der Waals surface area contributed by atoms with E-state index in [-0.39, 0.29) is 42.2 Å². The van der Waals surface area contributed by atoms with E-state index in [0.717, 1.165) is 26.8 Å². The molecule has 2 N–H and O–H groups in total. The molecule has 5 nitrogen and oxygen atoms in total. The van der Waals surface area contributed by atoms with Crippen LogP contribution in [0.15, 0.2) is 18.2 Å². The Kier molecular flexibility index (Phi) is 7.04. The van der Waals surface area contributed by atoms with E-state index in [4.69, 9.17) is 0 Å². The van der Waals surface area contributed by atoms with Gasteiger partial charge in [-0.05, 0) is 36.2 Å². The molecular weight excluding hydrogens is 430 g/mol. The first-order chi connectivity index (χ1) is 12.0. The molecule has 1 amide bonds. The van der Waals surface area contributed by atoms with Gasteiger partial charge in [-0.25, -0.2) is 9.37 Å². The first kappa shape index (κ1) is 21.8. The zero-order valence-corrected chi connectivity index (χ0v) is 17.9. The number of amides is 1. The van der Waals surface area contributed by atoms with Crippen LogP contribution in [0.4, 0.5) is 15.2 Å². The van der Waals surface area contributed by atoms with Gasteiger partial charge >= 0.3 is 0 Å². The number of carbonyl (C=O) groups is 1. The molecule has 1 aliphatic heterocycles. The van der Waals surface area contributed by atoms with E-state index >= 15 is 0 Å². The third-order valence-electron chi connectivity index (χ3n) is 4.14. The quantitative estimate of drug-likeness (QED) is 0.626. The maximum absolute atomic E-state index is 14.7. The summed E-state index contributed by atoms with van der Waals surface area (Å²) in [4.78, 5) is 20.3. The zero-order valence-electron chi connectivity index (χ0n) is 14.7. The monoisotopic (exact) mass is 448 g/mol. The van der Waals surface area contributed by atoms with Crippen LogP contribution in [0.2, 0.25) is 0 Å². The lowest BCUT2D eigenvalue weighted by molar-refractivity contribution is 0.103. The smallest absolute Gasteiger partial charge is 0.265 e. The van der Waals surface area contributed by atoms with Crippen LogP contribution < -0.4 is 15.5 Å². The number of anilines is 2. The standard InChI is InChI=1S/C17H17FN4OS2.2ClH/c1-22(2)17-21-16-13(25-17)7-12(24-16)15(23)20-11-4-3-9-8-19-6-5-10(9)14(11)18;;/h3-4,7,19H,5-6,8H2,1-2H3,(H,20,23);2*1H. The molecule has 0 radical (unpaired) electrons. The van der Waals surface area contributed by atoms with Crippen molar-refractivity contribution in [1.82, 2.24) is 10.3 Å². The van der Waals surface area contributed by atoms with Gasteiger partial charge in [0, 0.05) is 20.6 Å². The summed E-state index contributed by atoms with van der Waals surface area (Å²) < 4.78 is 15.6. The summed E-state index contributed by atoms with van der Waals surface area (Å²) in [5, 5.41) is 6.83. The molecular formula is C17H19Cl2FN4OS2. The Labute approximate surface area is 176 Å². The van der Waals surface area contributed by atoms with Gasteiger partial charge in [0.05, 0.1) is 15.3 Å². The summed E-state index contributed by atoms with van der Waals surface area (Å²) >= 11 is 2.86. The molecule has 4 rings (SSSR count). The van der Waals surface area contributed by atoms with Gasteiger partial charge in [0.15, 0.2) is 5.13 Å². The lowest BCUT2D eigenvalue weighted by Crippen LogP contribution is -2.25. The largest absolute Gasteiger partial charge is 0.354 e. The lowest BCUT2D eigenvalue weighted by Gasteiger charge is -2.19. The Morgan fingerprint density at radius 2 is 2.07 bits per heavy atom. The minimum Gasteiger partial charge on any atom is -0.354 e. The molecule has 146 valence electrons. The third-order valence-corrected chi connectivity index (χ3v) is 6.47. The van der Waals surface area contributed by atoms with Crippen LogP contribution in [-0.2, 0) is 13.0 Å². The number of thiazole rings is 1. The molecule has 1 aliphatic rings. The van der Waals surface area contributed by atoms with Crippen molar-refractivity contribution in [3.05, 3.63) is 40.0 Å². The molecule has 0 fully saturated rings. The van der Waals surface area contributed by atoms with Crippen LogP contribution in [0.25, 0.3) is 9.53 Å². The molecule has 1 aromatic carbocycles. The summed E-state index contributed by atoms with van der Waals surface area (Å²) in [6.07, 6.45) is 0.636. The van der Waals surface area contributed by atoms with Crippen molar-refractivity contribution >= 4 is 73.7 Å². The molecule has 0 saturated carbocycles. The maximum atomic E-state index is 14.7. The van der Waals surface area contributed by atoms with Crippen molar-refractivity contribution in [2.45, 2.75) is 13.0 Å². The van der Waals surface area contributed by atoms with Crippen molar-refractivity contribution in [2.75, 3.05) is 30.9 Å². The fourth-order valence-corrected chi connectivity index (χ4v) is 4.87. The van der Waals surface area contributed by atoms with Gasteiger partial charge in [-0.3, -0.25) is 4.79 Å². The number of nitrogens with zero attached hydrogens (tertiary/aromatic N) is 2. The van der Waals surface area contributed by atoms with Gasteiger partial charge in [-0.1, -0.05) is 17.4 Å². The summed E-state index contributed by atoms with van der Waals surface area (Å²) in [5.41, 5.74) is 1.89. The van der Waals surface area contributed by atoms with Crippen molar-refractivity contribution in [3.63, 3.8) is 0 Å². The van der Waals surface area contributed by atoms with Crippen LogP contribution in [0.3, 0.4) is 0 Å². The van der Waals surface area contributed by atoms with Crippen LogP contribution in [0, 0.1) is 5.82 Å². The second-order valence-corrected chi connectivity index (χ2v) is 8.16. The number of fused-ring (bicyclic) bond motifs is 2. The minimum atomic E-state index is -0.321. The van der Waals surface area contributed by atoms with Crippen LogP contribution in [-0.4, -0.2) is 31.5 Å². The fourth-order valence-electron chi connectivity index (χ4n) is 2.84. The molecule has 3 aromatic rings. The highest BCUT2D eigenvalue weighted by molar-refractivity contribution is 7.29. The number of rotatable bonds is 3. The van der Waals surface area contributed by atoms with Gasteiger partial charge in [0.1, 0.15) is 10.6 Å². The fraction of sp³-hybridized carbons (Fsp3) is 0.294. The molecule has 0 atom stereocenters. The molecule has 0 unspecified atom stereocenters. The topological polar surface area (TPSA) is 57.3 Å². The van der Waals surface area contributed by atoms with Gasteiger partial charge in [0.2, 0.25) is 0 Å². The number of aromatic nitrogens is 1. The number of benzene rings is 1. The second-order valence-electron chi connectivity index (χ2n) is 6.12. The highest BCUT2D eigenvalue weighted by Crippen LogP contribution is 2.34. The number of hydrogen-bond acceptors (Lipinski definition) is 6. The van der Waals surface area contributed by atoms with Gasteiger partial charge < -0.3 is 15.5 Å². The van der Waals surface area contributed by atoms with E-state index in [0.29, 0.717) is 23.4 Å². The predicted octanol–water partition coefficient (Wildman–Crippen LogP) is 4.30. The highest BCUT2D eigenvalue weighted by atomic mass is 35.5. The maximum Gasteiger partial charge on any atom is 0.265 e. The van der Waals surface area contributed by atoms with Gasteiger partial charge in [-0.2, -0.15) is 0 Å². The van der Waals surface area contributed by atoms with E-state index in [1.54, 1.807) is 6.07 Å². The average Bonchev–Trinajstić information content (AvgIpc) is 3.16. The van der Waals surface area contributed by atoms with E-state index in [1.165, 1.54) is 22.7 Å². The SMILES string of the molecule is CN(C)c1nc2sc(C(=O)Nc3ccc4c(c3F)CCNC4)cc2s1.Cl.Cl. The predicted molar refractivity (Wildman–Crippen MR) is 116 cm³/mol. The van der Waals surface area contributed by atoms with Crippen molar-refractivity contribution < 1.29 is 9.18 Å². The second kappa shape index (κ2) is 8.70.